The van der Waals surface area contributed by atoms with Gasteiger partial charge in [0.2, 0.25) is 0 Å². The van der Waals surface area contributed by atoms with Crippen molar-refractivity contribution in [1.82, 2.24) is 9.61 Å². The fourth-order valence-corrected chi connectivity index (χ4v) is 6.76. The third-order valence-corrected chi connectivity index (χ3v) is 8.61. The van der Waals surface area contributed by atoms with Crippen molar-refractivity contribution in [2.24, 2.45) is 0 Å². The summed E-state index contributed by atoms with van der Waals surface area (Å²) < 4.78 is 19.2. The number of thiophene rings is 1. The van der Waals surface area contributed by atoms with E-state index in [9.17, 15) is 4.39 Å². The number of halogens is 1. The molecule has 0 unspecified atom stereocenters. The van der Waals surface area contributed by atoms with Crippen LogP contribution in [-0.4, -0.2) is 9.61 Å². The Balaban J connectivity index is 1.54. The van der Waals surface area contributed by atoms with E-state index < -0.39 is 0 Å². The van der Waals surface area contributed by atoms with Gasteiger partial charge in [-0.1, -0.05) is 91.0 Å². The van der Waals surface area contributed by atoms with Gasteiger partial charge in [-0.3, -0.25) is 0 Å². The molecule has 0 N–H and O–H groups in total. The van der Waals surface area contributed by atoms with Crippen molar-refractivity contribution in [3.63, 3.8) is 0 Å². The van der Waals surface area contributed by atoms with Crippen molar-refractivity contribution in [1.29, 1.82) is 0 Å². The third-order valence-electron chi connectivity index (χ3n) is 7.46. The average Bonchev–Trinajstić information content (AvgIpc) is 3.57. The Bertz CT molecular complexity index is 2180. The Morgan fingerprint density at radius 1 is 0.564 bits per heavy atom. The van der Waals surface area contributed by atoms with Gasteiger partial charge in [-0.05, 0) is 47.3 Å². The highest BCUT2D eigenvalue weighted by Gasteiger charge is 2.22. The SMILES string of the molecule is Fc1ccc2cc(-c3ccccc3)n3nc(-c4ccc5sc6ccccc6c5c4)c(-c4ccccc4)c3c2c1. The monoisotopic (exact) mass is 520 g/mol. The fraction of sp³-hybridized carbons (Fsp3) is 0. The lowest BCUT2D eigenvalue weighted by molar-refractivity contribution is 0.630. The van der Waals surface area contributed by atoms with Gasteiger partial charge in [0, 0.05) is 42.2 Å². The molecule has 0 aliphatic rings. The van der Waals surface area contributed by atoms with Crippen LogP contribution >= 0.6 is 11.3 Å². The summed E-state index contributed by atoms with van der Waals surface area (Å²) in [5.41, 5.74) is 6.90. The van der Waals surface area contributed by atoms with E-state index in [2.05, 4.69) is 72.8 Å². The molecular formula is C35H21FN2S. The summed E-state index contributed by atoms with van der Waals surface area (Å²) in [5.74, 6) is -0.259. The lowest BCUT2D eigenvalue weighted by atomic mass is 9.96. The van der Waals surface area contributed by atoms with Crippen LogP contribution in [0.2, 0.25) is 0 Å². The van der Waals surface area contributed by atoms with Gasteiger partial charge in [0.05, 0.1) is 11.2 Å². The first kappa shape index (κ1) is 22.2. The summed E-state index contributed by atoms with van der Waals surface area (Å²) in [7, 11) is 0. The summed E-state index contributed by atoms with van der Waals surface area (Å²) in [5, 5.41) is 9.58. The first-order valence-electron chi connectivity index (χ1n) is 12.9. The second-order valence-electron chi connectivity index (χ2n) is 9.79. The molecule has 4 heteroatoms. The minimum atomic E-state index is -0.259. The quantitative estimate of drug-likeness (QED) is 0.227. The zero-order valence-electron chi connectivity index (χ0n) is 20.8. The molecule has 3 aromatic heterocycles. The lowest BCUT2D eigenvalue weighted by Crippen LogP contribution is -1.96. The van der Waals surface area contributed by atoms with Gasteiger partial charge >= 0.3 is 0 Å². The van der Waals surface area contributed by atoms with Crippen LogP contribution in [0, 0.1) is 5.82 Å². The van der Waals surface area contributed by atoms with Crippen molar-refractivity contribution in [3.8, 4) is 33.6 Å². The molecule has 0 atom stereocenters. The zero-order chi connectivity index (χ0) is 25.9. The molecule has 3 heterocycles. The standard InChI is InChI=1S/C35H21FN2S/c36-26-17-15-24-20-30(22-9-3-1-4-10-22)38-35(28(24)21-26)33(23-11-5-2-6-12-23)34(37-38)25-16-18-32-29(19-25)27-13-7-8-14-31(27)39-32/h1-21H. The highest BCUT2D eigenvalue weighted by atomic mass is 32.1. The van der Waals surface area contributed by atoms with Crippen molar-refractivity contribution in [2.75, 3.05) is 0 Å². The second kappa shape index (κ2) is 8.62. The summed E-state index contributed by atoms with van der Waals surface area (Å²) in [4.78, 5) is 0. The summed E-state index contributed by atoms with van der Waals surface area (Å²) in [6.07, 6.45) is 0. The van der Waals surface area contributed by atoms with Crippen molar-refractivity contribution in [2.45, 2.75) is 0 Å². The highest BCUT2D eigenvalue weighted by Crippen LogP contribution is 2.43. The van der Waals surface area contributed by atoms with Crippen molar-refractivity contribution >= 4 is 47.8 Å². The van der Waals surface area contributed by atoms with E-state index in [0.29, 0.717) is 0 Å². The molecule has 184 valence electrons. The van der Waals surface area contributed by atoms with Crippen molar-refractivity contribution < 1.29 is 4.39 Å². The molecule has 39 heavy (non-hydrogen) atoms. The third kappa shape index (κ3) is 3.49. The Labute approximate surface area is 228 Å². The molecule has 0 spiro atoms. The summed E-state index contributed by atoms with van der Waals surface area (Å²) >= 11 is 1.81. The van der Waals surface area contributed by atoms with Crippen LogP contribution in [0.1, 0.15) is 0 Å². The molecule has 0 aliphatic heterocycles. The topological polar surface area (TPSA) is 17.3 Å². The molecule has 0 saturated heterocycles. The molecular weight excluding hydrogens is 499 g/mol. The van der Waals surface area contributed by atoms with E-state index in [0.717, 1.165) is 49.9 Å². The maximum Gasteiger partial charge on any atom is 0.123 e. The number of aromatic nitrogens is 2. The normalized spacial score (nSPS) is 11.7. The minimum Gasteiger partial charge on any atom is -0.231 e. The number of pyridine rings is 1. The minimum absolute atomic E-state index is 0.259. The lowest BCUT2D eigenvalue weighted by Gasteiger charge is -2.11. The highest BCUT2D eigenvalue weighted by molar-refractivity contribution is 7.25. The van der Waals surface area contributed by atoms with Gasteiger partial charge in [0.1, 0.15) is 11.5 Å². The fourth-order valence-electron chi connectivity index (χ4n) is 5.68. The van der Waals surface area contributed by atoms with Crippen LogP contribution in [0.4, 0.5) is 4.39 Å². The Hall–Kier alpha value is -4.80. The van der Waals surface area contributed by atoms with Crippen molar-refractivity contribution in [3.05, 3.63) is 133 Å². The largest absolute Gasteiger partial charge is 0.231 e. The average molecular weight is 521 g/mol. The molecule has 0 saturated carbocycles. The molecule has 0 bridgehead atoms. The van der Waals surface area contributed by atoms with E-state index >= 15 is 0 Å². The van der Waals surface area contributed by atoms with Gasteiger partial charge < -0.3 is 0 Å². The number of benzene rings is 5. The molecule has 5 aromatic carbocycles. The Morgan fingerprint density at radius 2 is 1.28 bits per heavy atom. The van der Waals surface area contributed by atoms with E-state index in [1.807, 2.05) is 58.3 Å². The van der Waals surface area contributed by atoms with E-state index in [1.54, 1.807) is 6.07 Å². The first-order chi connectivity index (χ1) is 19.2. The van der Waals surface area contributed by atoms with Crippen LogP contribution in [0.5, 0.6) is 0 Å². The number of nitrogens with zero attached hydrogens (tertiary/aromatic N) is 2. The molecule has 0 aliphatic carbocycles. The molecule has 0 radical (unpaired) electrons. The molecule has 2 nitrogen and oxygen atoms in total. The second-order valence-corrected chi connectivity index (χ2v) is 10.9. The van der Waals surface area contributed by atoms with E-state index in [-0.39, 0.29) is 5.82 Å². The van der Waals surface area contributed by atoms with Gasteiger partial charge in [-0.2, -0.15) is 5.10 Å². The smallest absolute Gasteiger partial charge is 0.123 e. The van der Waals surface area contributed by atoms with Crippen LogP contribution in [0.3, 0.4) is 0 Å². The maximum atomic E-state index is 14.7. The van der Waals surface area contributed by atoms with Crippen LogP contribution in [0.15, 0.2) is 127 Å². The number of hydrogen-bond acceptors (Lipinski definition) is 2. The van der Waals surface area contributed by atoms with Crippen LogP contribution < -0.4 is 0 Å². The molecule has 8 rings (SSSR count). The van der Waals surface area contributed by atoms with Gasteiger partial charge in [-0.15, -0.1) is 11.3 Å². The molecule has 8 aromatic rings. The predicted octanol–water partition coefficient (Wildman–Crippen LogP) is 10.00. The zero-order valence-corrected chi connectivity index (χ0v) is 21.6. The molecule has 0 amide bonds. The number of fused-ring (bicyclic) bond motifs is 6. The van der Waals surface area contributed by atoms with Gasteiger partial charge in [-0.25, -0.2) is 8.91 Å². The number of rotatable bonds is 3. The van der Waals surface area contributed by atoms with E-state index in [1.165, 1.54) is 26.2 Å². The summed E-state index contributed by atoms with van der Waals surface area (Å²) in [6, 6.07) is 42.9. The Kier molecular flexibility index (Phi) is 4.91. The van der Waals surface area contributed by atoms with Gasteiger partial charge in [0.25, 0.3) is 0 Å². The maximum absolute atomic E-state index is 14.7. The first-order valence-corrected chi connectivity index (χ1v) is 13.7. The van der Waals surface area contributed by atoms with Crippen LogP contribution in [0.25, 0.3) is 70.1 Å². The van der Waals surface area contributed by atoms with Gasteiger partial charge in [0.15, 0.2) is 0 Å². The summed E-state index contributed by atoms with van der Waals surface area (Å²) in [6.45, 7) is 0. The number of hydrogen-bond donors (Lipinski definition) is 0. The predicted molar refractivity (Wildman–Crippen MR) is 162 cm³/mol. The Morgan fingerprint density at radius 3 is 2.10 bits per heavy atom. The van der Waals surface area contributed by atoms with Crippen LogP contribution in [-0.2, 0) is 0 Å². The van der Waals surface area contributed by atoms with E-state index in [4.69, 9.17) is 5.10 Å². The molecule has 0 fully saturated rings.